The third-order valence-electron chi connectivity index (χ3n) is 5.03. The highest BCUT2D eigenvalue weighted by Gasteiger charge is 2.11. The smallest absolute Gasteiger partial charge is 0.0589 e. The summed E-state index contributed by atoms with van der Waals surface area (Å²) in [5, 5.41) is 5.31. The minimum atomic E-state index is 0.901. The van der Waals surface area contributed by atoms with E-state index in [-0.39, 0.29) is 0 Å². The zero-order valence-corrected chi connectivity index (χ0v) is 15.5. The number of rotatable bonds is 3. The highest BCUT2D eigenvalue weighted by molar-refractivity contribution is 7.26. The maximum atomic E-state index is 2.36. The van der Waals surface area contributed by atoms with Crippen molar-refractivity contribution in [3.8, 4) is 0 Å². The van der Waals surface area contributed by atoms with Crippen molar-refractivity contribution in [2.45, 2.75) is 6.54 Å². The van der Waals surface area contributed by atoms with Gasteiger partial charge in [0.1, 0.15) is 0 Å². The van der Waals surface area contributed by atoms with Gasteiger partial charge in [-0.05, 0) is 34.5 Å². The Bertz CT molecular complexity index is 1230. The van der Waals surface area contributed by atoms with Crippen LogP contribution >= 0.6 is 11.3 Å². The highest BCUT2D eigenvalue weighted by Crippen LogP contribution is 2.39. The van der Waals surface area contributed by atoms with E-state index in [1.807, 2.05) is 11.3 Å². The van der Waals surface area contributed by atoms with Crippen molar-refractivity contribution >= 4 is 48.0 Å². The summed E-state index contributed by atoms with van der Waals surface area (Å²) < 4.78 is 2.73. The first-order valence-corrected chi connectivity index (χ1v) is 9.70. The molecule has 5 rings (SSSR count). The van der Waals surface area contributed by atoms with Crippen molar-refractivity contribution in [3.63, 3.8) is 0 Å². The molecular weight excluding hydrogens is 334 g/mol. The van der Waals surface area contributed by atoms with Gasteiger partial charge in [0.25, 0.3) is 0 Å². The molecule has 0 radical (unpaired) electrons. The predicted molar refractivity (Wildman–Crippen MR) is 115 cm³/mol. The van der Waals surface area contributed by atoms with Crippen LogP contribution in [0.4, 0.5) is 5.69 Å². The van der Waals surface area contributed by atoms with Gasteiger partial charge >= 0.3 is 0 Å². The number of benzene rings is 4. The van der Waals surface area contributed by atoms with Gasteiger partial charge in [-0.1, -0.05) is 66.7 Å². The number of fused-ring (bicyclic) bond motifs is 4. The minimum absolute atomic E-state index is 0.901. The summed E-state index contributed by atoms with van der Waals surface area (Å²) in [5.74, 6) is 0. The van der Waals surface area contributed by atoms with Crippen molar-refractivity contribution in [2.75, 3.05) is 11.9 Å². The van der Waals surface area contributed by atoms with Crippen LogP contribution < -0.4 is 4.90 Å². The van der Waals surface area contributed by atoms with E-state index in [1.54, 1.807) is 0 Å². The van der Waals surface area contributed by atoms with E-state index in [0.717, 1.165) is 6.54 Å². The molecule has 1 nitrogen and oxygen atoms in total. The fourth-order valence-corrected chi connectivity index (χ4v) is 5.00. The second-order valence-electron chi connectivity index (χ2n) is 6.79. The van der Waals surface area contributed by atoms with Crippen LogP contribution in [0.1, 0.15) is 5.56 Å². The lowest BCUT2D eigenvalue weighted by molar-refractivity contribution is 0.931. The number of hydrogen-bond acceptors (Lipinski definition) is 2. The molecule has 2 heteroatoms. The Morgan fingerprint density at radius 3 is 2.42 bits per heavy atom. The zero-order valence-electron chi connectivity index (χ0n) is 14.6. The Balaban J connectivity index is 1.56. The van der Waals surface area contributed by atoms with Crippen molar-refractivity contribution in [1.82, 2.24) is 0 Å². The quantitative estimate of drug-likeness (QED) is 0.343. The Labute approximate surface area is 157 Å². The molecule has 0 amide bonds. The number of hydrogen-bond donors (Lipinski definition) is 0. The summed E-state index contributed by atoms with van der Waals surface area (Å²) >= 11 is 1.89. The van der Waals surface area contributed by atoms with E-state index in [1.165, 1.54) is 42.2 Å². The Hall–Kier alpha value is -2.84. The van der Waals surface area contributed by atoms with E-state index in [0.29, 0.717) is 0 Å². The Morgan fingerprint density at radius 2 is 1.50 bits per heavy atom. The normalized spacial score (nSPS) is 11.4. The van der Waals surface area contributed by atoms with Crippen LogP contribution in [0.25, 0.3) is 30.9 Å². The van der Waals surface area contributed by atoms with Crippen LogP contribution in [0.3, 0.4) is 0 Å². The summed E-state index contributed by atoms with van der Waals surface area (Å²) in [7, 11) is 2.19. The number of nitrogens with zero attached hydrogens (tertiary/aromatic N) is 1. The molecule has 0 spiro atoms. The first-order chi connectivity index (χ1) is 12.8. The van der Waals surface area contributed by atoms with E-state index in [2.05, 4.69) is 96.9 Å². The standard InChI is InChI=1S/C24H19NS/c1-25(16-17-13-14-18-7-2-3-8-19(18)15-17)22-11-6-10-21-20-9-4-5-12-23(20)26-24(21)22/h2-15H,16H2,1H3. The fourth-order valence-electron chi connectivity index (χ4n) is 3.73. The van der Waals surface area contributed by atoms with Crippen molar-refractivity contribution in [1.29, 1.82) is 0 Å². The molecule has 0 aliphatic heterocycles. The van der Waals surface area contributed by atoms with Gasteiger partial charge in [0.05, 0.1) is 10.4 Å². The van der Waals surface area contributed by atoms with E-state index in [9.17, 15) is 0 Å². The molecule has 0 saturated carbocycles. The van der Waals surface area contributed by atoms with Gasteiger partial charge in [0.2, 0.25) is 0 Å². The second kappa shape index (κ2) is 6.15. The summed E-state index contributed by atoms with van der Waals surface area (Å²) in [6.45, 7) is 0.901. The van der Waals surface area contributed by atoms with E-state index >= 15 is 0 Å². The molecule has 5 aromatic rings. The van der Waals surface area contributed by atoms with Gasteiger partial charge in [-0.25, -0.2) is 0 Å². The van der Waals surface area contributed by atoms with E-state index in [4.69, 9.17) is 0 Å². The summed E-state index contributed by atoms with van der Waals surface area (Å²) in [6.07, 6.45) is 0. The second-order valence-corrected chi connectivity index (χ2v) is 7.84. The zero-order chi connectivity index (χ0) is 17.5. The molecule has 26 heavy (non-hydrogen) atoms. The molecule has 126 valence electrons. The SMILES string of the molecule is CN(Cc1ccc2ccccc2c1)c1cccc2c1sc1ccccc12. The molecule has 0 fully saturated rings. The van der Waals surface area contributed by atoms with Gasteiger partial charge in [-0.15, -0.1) is 11.3 Å². The number of anilines is 1. The van der Waals surface area contributed by atoms with Gasteiger partial charge in [-0.2, -0.15) is 0 Å². The van der Waals surface area contributed by atoms with Crippen molar-refractivity contribution in [2.24, 2.45) is 0 Å². The third kappa shape index (κ3) is 2.54. The first-order valence-electron chi connectivity index (χ1n) is 8.89. The third-order valence-corrected chi connectivity index (χ3v) is 6.24. The Morgan fingerprint density at radius 1 is 0.731 bits per heavy atom. The minimum Gasteiger partial charge on any atom is -0.369 e. The van der Waals surface area contributed by atoms with Crippen LogP contribution in [0.15, 0.2) is 84.9 Å². The topological polar surface area (TPSA) is 3.24 Å². The summed E-state index contributed by atoms with van der Waals surface area (Å²) in [4.78, 5) is 2.36. The Kier molecular flexibility index (Phi) is 3.65. The van der Waals surface area contributed by atoms with Gasteiger partial charge in [0, 0.05) is 29.1 Å². The van der Waals surface area contributed by atoms with Crippen molar-refractivity contribution < 1.29 is 0 Å². The van der Waals surface area contributed by atoms with Crippen LogP contribution in [0, 0.1) is 0 Å². The molecule has 0 aliphatic rings. The fraction of sp³-hybridized carbons (Fsp3) is 0.0833. The summed E-state index contributed by atoms with van der Waals surface area (Å²) in [5.41, 5.74) is 2.64. The average molecular weight is 353 g/mol. The monoisotopic (exact) mass is 353 g/mol. The lowest BCUT2D eigenvalue weighted by Crippen LogP contribution is -2.16. The molecule has 1 aromatic heterocycles. The van der Waals surface area contributed by atoms with Crippen LogP contribution in [-0.4, -0.2) is 7.05 Å². The molecule has 0 atom stereocenters. The van der Waals surface area contributed by atoms with Gasteiger partial charge in [-0.3, -0.25) is 0 Å². The number of thiophene rings is 1. The molecule has 0 bridgehead atoms. The molecule has 4 aromatic carbocycles. The van der Waals surface area contributed by atoms with Gasteiger partial charge in [0.15, 0.2) is 0 Å². The molecule has 0 unspecified atom stereocenters. The van der Waals surface area contributed by atoms with E-state index < -0.39 is 0 Å². The average Bonchev–Trinajstić information content (AvgIpc) is 3.06. The van der Waals surface area contributed by atoms with Crippen LogP contribution in [0.5, 0.6) is 0 Å². The summed E-state index contributed by atoms with van der Waals surface area (Å²) in [6, 6.07) is 30.6. The lowest BCUT2D eigenvalue weighted by Gasteiger charge is -2.20. The molecule has 0 saturated heterocycles. The van der Waals surface area contributed by atoms with Crippen LogP contribution in [0.2, 0.25) is 0 Å². The lowest BCUT2D eigenvalue weighted by atomic mass is 10.1. The molecule has 0 aliphatic carbocycles. The maximum Gasteiger partial charge on any atom is 0.0589 e. The van der Waals surface area contributed by atoms with Crippen molar-refractivity contribution in [3.05, 3.63) is 90.5 Å². The molecule has 0 N–H and O–H groups in total. The van der Waals surface area contributed by atoms with Gasteiger partial charge < -0.3 is 4.90 Å². The predicted octanol–water partition coefficient (Wildman–Crippen LogP) is 6.84. The van der Waals surface area contributed by atoms with Crippen LogP contribution in [-0.2, 0) is 6.54 Å². The molecule has 1 heterocycles. The largest absolute Gasteiger partial charge is 0.369 e. The first kappa shape index (κ1) is 15.4. The highest BCUT2D eigenvalue weighted by atomic mass is 32.1. The molecular formula is C24H19NS. The maximum absolute atomic E-state index is 2.36.